The third-order valence-corrected chi connectivity index (χ3v) is 13.0. The maximum atomic E-state index is 14.4. The Hall–Kier alpha value is -4.14. The Kier molecular flexibility index (Phi) is 9.29. The van der Waals surface area contributed by atoms with Crippen molar-refractivity contribution in [2.75, 3.05) is 13.2 Å². The molecule has 0 aromatic heterocycles. The number of benzene rings is 1. The quantitative estimate of drug-likeness (QED) is 0.358. The Bertz CT molecular complexity index is 1690. The van der Waals surface area contributed by atoms with Gasteiger partial charge >= 0.3 is 12.2 Å². The minimum absolute atomic E-state index is 0.0476. The first-order chi connectivity index (χ1) is 24.0. The highest BCUT2D eigenvalue weighted by Gasteiger charge is 2.62. The molecule has 1 saturated heterocycles. The lowest BCUT2D eigenvalue weighted by Crippen LogP contribution is -2.59. The van der Waals surface area contributed by atoms with E-state index in [1.165, 1.54) is 11.0 Å². The molecule has 5 atom stereocenters. The molecule has 50 heavy (non-hydrogen) atoms. The number of sulfonamides is 1. The van der Waals surface area contributed by atoms with Crippen LogP contribution in [0.3, 0.4) is 0 Å². The Labute approximate surface area is 291 Å². The number of carbonyl (C=O) groups excluding carboxylic acids is 5. The maximum Gasteiger partial charge on any atom is 0.410 e. The fourth-order valence-electron chi connectivity index (χ4n) is 8.07. The first-order valence-corrected chi connectivity index (χ1v) is 19.3. The highest BCUT2D eigenvalue weighted by molar-refractivity contribution is 7.91. The van der Waals surface area contributed by atoms with Gasteiger partial charge in [0.1, 0.15) is 23.7 Å². The van der Waals surface area contributed by atoms with Crippen LogP contribution in [0.4, 0.5) is 9.59 Å². The van der Waals surface area contributed by atoms with E-state index in [4.69, 9.17) is 9.47 Å². The van der Waals surface area contributed by atoms with Crippen LogP contribution < -0.4 is 15.4 Å². The molecule has 0 radical (unpaired) electrons. The molecule has 3 heterocycles. The van der Waals surface area contributed by atoms with Crippen LogP contribution >= 0.6 is 0 Å². The molecule has 0 spiro atoms. The van der Waals surface area contributed by atoms with Gasteiger partial charge in [-0.15, -0.1) is 6.58 Å². The number of nitrogens with one attached hydrogen (secondary N) is 3. The molecule has 6 aliphatic rings. The molecule has 14 nitrogen and oxygen atoms in total. The number of cyclic esters (lactones) is 1. The SMILES string of the molecule is C=C[C@@H]1C[C@@]1(NC(=O)[C@@H]1C[C@@H]2CN1C(=O)[C@H](C1CCCC1)NC(=O)OCCCCc1cccc3c1CN(C3)C(=O)O2)C(=O)NS(=O)(=O)C1CC1. The van der Waals surface area contributed by atoms with Crippen LogP contribution in [-0.4, -0.2) is 90.3 Å². The zero-order valence-corrected chi connectivity index (χ0v) is 28.9. The topological polar surface area (TPSA) is 181 Å². The first kappa shape index (κ1) is 34.3. The van der Waals surface area contributed by atoms with Gasteiger partial charge in [-0.3, -0.25) is 24.0 Å². The monoisotopic (exact) mass is 711 g/mol. The van der Waals surface area contributed by atoms with Gasteiger partial charge in [-0.05, 0) is 74.0 Å². The van der Waals surface area contributed by atoms with Crippen LogP contribution in [0, 0.1) is 11.8 Å². The smallest absolute Gasteiger partial charge is 0.410 e. The number of rotatable bonds is 7. The molecule has 0 unspecified atom stereocenters. The fourth-order valence-corrected chi connectivity index (χ4v) is 9.43. The fraction of sp³-hybridized carbons (Fsp3) is 0.629. The largest absolute Gasteiger partial charge is 0.450 e. The summed E-state index contributed by atoms with van der Waals surface area (Å²) in [6.45, 7) is 4.57. The number of nitrogens with zero attached hydrogens (tertiary/aromatic N) is 2. The summed E-state index contributed by atoms with van der Waals surface area (Å²) >= 11 is 0. The van der Waals surface area contributed by atoms with Crippen molar-refractivity contribution in [1.29, 1.82) is 0 Å². The lowest BCUT2D eigenvalue weighted by Gasteiger charge is -2.32. The highest BCUT2D eigenvalue weighted by Crippen LogP contribution is 2.45. The van der Waals surface area contributed by atoms with Crippen molar-refractivity contribution in [2.24, 2.45) is 11.8 Å². The molecule has 4 bridgehead atoms. The Morgan fingerprint density at radius 3 is 2.50 bits per heavy atom. The molecule has 15 heteroatoms. The third-order valence-electron chi connectivity index (χ3n) is 11.2. The normalized spacial score (nSPS) is 30.4. The van der Waals surface area contributed by atoms with E-state index in [2.05, 4.69) is 21.9 Å². The summed E-state index contributed by atoms with van der Waals surface area (Å²) in [6, 6.07) is 3.85. The van der Waals surface area contributed by atoms with Crippen molar-refractivity contribution >= 4 is 39.9 Å². The third kappa shape index (κ3) is 6.80. The molecule has 5 amide bonds. The molecule has 270 valence electrons. The molecule has 1 aromatic carbocycles. The summed E-state index contributed by atoms with van der Waals surface area (Å²) in [5.41, 5.74) is 1.67. The number of aryl methyl sites for hydroxylation is 1. The van der Waals surface area contributed by atoms with Gasteiger partial charge < -0.3 is 25.0 Å². The molecule has 7 rings (SSSR count). The number of amides is 5. The lowest BCUT2D eigenvalue weighted by atomic mass is 9.96. The van der Waals surface area contributed by atoms with Gasteiger partial charge in [-0.25, -0.2) is 18.0 Å². The molecule has 3 aliphatic carbocycles. The van der Waals surface area contributed by atoms with Crippen molar-refractivity contribution in [3.8, 4) is 0 Å². The van der Waals surface area contributed by atoms with E-state index in [1.54, 1.807) is 4.90 Å². The van der Waals surface area contributed by atoms with Gasteiger partial charge in [-0.1, -0.05) is 37.1 Å². The van der Waals surface area contributed by atoms with Crippen molar-refractivity contribution in [1.82, 2.24) is 25.2 Å². The van der Waals surface area contributed by atoms with Crippen molar-refractivity contribution in [3.05, 3.63) is 47.5 Å². The van der Waals surface area contributed by atoms with E-state index in [-0.39, 0.29) is 31.9 Å². The summed E-state index contributed by atoms with van der Waals surface area (Å²) in [6.07, 6.45) is 5.70. The second-order valence-corrected chi connectivity index (χ2v) is 16.6. The minimum Gasteiger partial charge on any atom is -0.450 e. The van der Waals surface area contributed by atoms with E-state index in [9.17, 15) is 32.4 Å². The van der Waals surface area contributed by atoms with Gasteiger partial charge in [-0.2, -0.15) is 0 Å². The number of alkyl carbamates (subject to hydrolysis) is 1. The van der Waals surface area contributed by atoms with Gasteiger partial charge in [0, 0.05) is 25.4 Å². The predicted octanol–water partition coefficient (Wildman–Crippen LogP) is 2.40. The van der Waals surface area contributed by atoms with Gasteiger partial charge in [0.25, 0.3) is 5.91 Å². The Morgan fingerprint density at radius 1 is 1.02 bits per heavy atom. The highest BCUT2D eigenvalue weighted by atomic mass is 32.2. The number of ether oxygens (including phenoxy) is 2. The summed E-state index contributed by atoms with van der Waals surface area (Å²) in [5.74, 6) is -2.74. The van der Waals surface area contributed by atoms with E-state index >= 15 is 0 Å². The van der Waals surface area contributed by atoms with Crippen LogP contribution in [0.25, 0.3) is 0 Å². The number of hydrogen-bond donors (Lipinski definition) is 3. The average molecular weight is 712 g/mol. The zero-order chi connectivity index (χ0) is 35.2. The van der Waals surface area contributed by atoms with Gasteiger partial charge in [0.05, 0.1) is 18.4 Å². The average Bonchev–Trinajstić information content (AvgIpc) is 3.86. The van der Waals surface area contributed by atoms with Crippen LogP contribution in [0.1, 0.15) is 80.9 Å². The van der Waals surface area contributed by atoms with Crippen LogP contribution in [-0.2, 0) is 53.4 Å². The minimum atomic E-state index is -3.89. The molecule has 4 fully saturated rings. The predicted molar refractivity (Wildman–Crippen MR) is 179 cm³/mol. The van der Waals surface area contributed by atoms with E-state index < -0.39 is 74.8 Å². The summed E-state index contributed by atoms with van der Waals surface area (Å²) in [5, 5.41) is 4.91. The zero-order valence-electron chi connectivity index (χ0n) is 28.1. The molecule has 3 N–H and O–H groups in total. The second-order valence-electron chi connectivity index (χ2n) is 14.6. The maximum absolute atomic E-state index is 14.4. The standard InChI is InChI=1S/C35H45N5O9S/c1-2-24-17-35(24,32(43)38-50(46,47)26-13-14-26)37-30(41)28-16-25-19-40(28)31(42)29(22-9-3-4-10-22)36-33(44)48-15-6-5-8-21-11-7-12-23-18-39(20-27(21)23)34(45)49-25/h2,7,11-12,22,24-26,28-29H,1,3-6,8-10,13-20H2,(H,36,44)(H,37,41)(H,38,43)/t24-,25-,28+,29+,35+/m1/s1. The molecule has 3 aliphatic heterocycles. The van der Waals surface area contributed by atoms with Crippen molar-refractivity contribution in [3.63, 3.8) is 0 Å². The first-order valence-electron chi connectivity index (χ1n) is 17.8. The van der Waals surface area contributed by atoms with E-state index in [0.29, 0.717) is 45.2 Å². The number of carbonyl (C=O) groups is 5. The molecule has 1 aromatic rings. The Balaban J connectivity index is 1.15. The van der Waals surface area contributed by atoms with E-state index in [0.717, 1.165) is 42.4 Å². The summed E-state index contributed by atoms with van der Waals surface area (Å²) < 4.78 is 38.9. The Morgan fingerprint density at radius 2 is 1.78 bits per heavy atom. The lowest BCUT2D eigenvalue weighted by molar-refractivity contribution is -0.142. The van der Waals surface area contributed by atoms with Gasteiger partial charge in [0.15, 0.2) is 0 Å². The van der Waals surface area contributed by atoms with E-state index in [1.807, 2.05) is 18.2 Å². The van der Waals surface area contributed by atoms with Crippen LogP contribution in [0.15, 0.2) is 30.9 Å². The molecule has 3 saturated carbocycles. The molecular weight excluding hydrogens is 666 g/mol. The second kappa shape index (κ2) is 13.5. The van der Waals surface area contributed by atoms with Gasteiger partial charge in [0.2, 0.25) is 21.8 Å². The number of hydrogen-bond acceptors (Lipinski definition) is 9. The van der Waals surface area contributed by atoms with Crippen molar-refractivity contribution < 1.29 is 41.9 Å². The van der Waals surface area contributed by atoms with Crippen LogP contribution in [0.5, 0.6) is 0 Å². The summed E-state index contributed by atoms with van der Waals surface area (Å²) in [4.78, 5) is 71.5. The summed E-state index contributed by atoms with van der Waals surface area (Å²) in [7, 11) is -3.89. The van der Waals surface area contributed by atoms with Crippen LogP contribution in [0.2, 0.25) is 0 Å². The van der Waals surface area contributed by atoms with Crippen molar-refractivity contribution in [2.45, 2.75) is 113 Å². The number of fused-ring (bicyclic) bond motifs is 3. The molecular formula is C35H45N5O9S.